The summed E-state index contributed by atoms with van der Waals surface area (Å²) in [5.74, 6) is 0.485. The average Bonchev–Trinajstić information content (AvgIpc) is 2.50. The maximum absolute atomic E-state index is 9.88. The molecular weight excluding hydrogens is 276 g/mol. The Morgan fingerprint density at radius 2 is 1.71 bits per heavy atom. The lowest BCUT2D eigenvalue weighted by Gasteiger charge is -2.39. The smallest absolute Gasteiger partial charge is 0.229 e. The zero-order valence-electron chi connectivity index (χ0n) is 11.9. The third-order valence-electron chi connectivity index (χ3n) is 3.56. The Morgan fingerprint density at radius 3 is 2.29 bits per heavy atom. The fourth-order valence-corrected chi connectivity index (χ4v) is 2.32. The molecule has 0 saturated carbocycles. The first-order valence-electron chi connectivity index (χ1n) is 7.13. The van der Waals surface area contributed by atoms with Crippen molar-refractivity contribution in [2.45, 2.75) is 50.5 Å². The van der Waals surface area contributed by atoms with Gasteiger partial charge in [0.1, 0.15) is 30.2 Å². The Kier molecular flexibility index (Phi) is 5.55. The van der Waals surface area contributed by atoms with Gasteiger partial charge in [-0.2, -0.15) is 0 Å². The summed E-state index contributed by atoms with van der Waals surface area (Å²) in [6.45, 7) is 1.62. The van der Waals surface area contributed by atoms with Crippen molar-refractivity contribution in [3.05, 3.63) is 29.8 Å². The summed E-state index contributed by atoms with van der Waals surface area (Å²) < 4.78 is 10.8. The minimum Gasteiger partial charge on any atom is -0.462 e. The van der Waals surface area contributed by atoms with Crippen molar-refractivity contribution in [3.63, 3.8) is 0 Å². The van der Waals surface area contributed by atoms with Crippen LogP contribution in [0.1, 0.15) is 18.9 Å². The monoisotopic (exact) mass is 298 g/mol. The molecule has 0 radical (unpaired) electrons. The number of aliphatic hydroxyl groups is 4. The Balaban J connectivity index is 2.03. The van der Waals surface area contributed by atoms with Crippen molar-refractivity contribution in [2.75, 3.05) is 6.61 Å². The van der Waals surface area contributed by atoms with Gasteiger partial charge in [0.05, 0.1) is 6.61 Å². The van der Waals surface area contributed by atoms with Gasteiger partial charge in [0.25, 0.3) is 0 Å². The zero-order valence-corrected chi connectivity index (χ0v) is 11.9. The fourth-order valence-electron chi connectivity index (χ4n) is 2.32. The topological polar surface area (TPSA) is 99.4 Å². The predicted molar refractivity (Wildman–Crippen MR) is 74.8 cm³/mol. The second kappa shape index (κ2) is 7.20. The van der Waals surface area contributed by atoms with Crippen molar-refractivity contribution >= 4 is 0 Å². The molecule has 1 fully saturated rings. The van der Waals surface area contributed by atoms with Crippen LogP contribution in [0.3, 0.4) is 0 Å². The second-order valence-electron chi connectivity index (χ2n) is 5.21. The quantitative estimate of drug-likeness (QED) is 0.602. The molecule has 1 aliphatic rings. The van der Waals surface area contributed by atoms with Crippen LogP contribution in [0.5, 0.6) is 5.75 Å². The van der Waals surface area contributed by atoms with Crippen LogP contribution in [-0.4, -0.2) is 57.7 Å². The van der Waals surface area contributed by atoms with Gasteiger partial charge in [-0.1, -0.05) is 25.5 Å². The van der Waals surface area contributed by atoms with Gasteiger partial charge in [-0.3, -0.25) is 0 Å². The largest absolute Gasteiger partial charge is 0.462 e. The molecular formula is C15H22O6. The fraction of sp³-hybridized carbons (Fsp3) is 0.600. The molecule has 21 heavy (non-hydrogen) atoms. The van der Waals surface area contributed by atoms with Crippen LogP contribution in [0, 0.1) is 0 Å². The van der Waals surface area contributed by atoms with Crippen molar-refractivity contribution in [1.29, 1.82) is 0 Å². The van der Waals surface area contributed by atoms with E-state index < -0.39 is 37.3 Å². The Morgan fingerprint density at radius 1 is 1.05 bits per heavy atom. The van der Waals surface area contributed by atoms with E-state index in [1.165, 1.54) is 5.56 Å². The third kappa shape index (κ3) is 3.72. The Hall–Kier alpha value is -1.18. The first-order valence-corrected chi connectivity index (χ1v) is 7.13. The van der Waals surface area contributed by atoms with Gasteiger partial charge >= 0.3 is 0 Å². The van der Waals surface area contributed by atoms with E-state index >= 15 is 0 Å². The number of rotatable bonds is 5. The van der Waals surface area contributed by atoms with E-state index in [2.05, 4.69) is 6.92 Å². The molecule has 1 aromatic carbocycles. The molecule has 5 atom stereocenters. The molecule has 0 amide bonds. The number of ether oxygens (including phenoxy) is 2. The van der Waals surface area contributed by atoms with E-state index in [0.29, 0.717) is 5.75 Å². The van der Waals surface area contributed by atoms with Crippen molar-refractivity contribution < 1.29 is 29.9 Å². The van der Waals surface area contributed by atoms with Gasteiger partial charge in [0.2, 0.25) is 6.29 Å². The van der Waals surface area contributed by atoms with Crippen LogP contribution in [0.4, 0.5) is 0 Å². The Bertz CT molecular complexity index is 432. The van der Waals surface area contributed by atoms with Gasteiger partial charge in [-0.05, 0) is 24.1 Å². The van der Waals surface area contributed by atoms with Crippen LogP contribution < -0.4 is 4.74 Å². The molecule has 6 nitrogen and oxygen atoms in total. The van der Waals surface area contributed by atoms with Crippen LogP contribution in [0.15, 0.2) is 24.3 Å². The summed E-state index contributed by atoms with van der Waals surface area (Å²) in [7, 11) is 0. The van der Waals surface area contributed by atoms with E-state index in [4.69, 9.17) is 14.6 Å². The maximum Gasteiger partial charge on any atom is 0.229 e. The van der Waals surface area contributed by atoms with Gasteiger partial charge in [0, 0.05) is 0 Å². The molecule has 4 N–H and O–H groups in total. The molecule has 0 aromatic heterocycles. The highest BCUT2D eigenvalue weighted by molar-refractivity contribution is 5.27. The lowest BCUT2D eigenvalue weighted by molar-refractivity contribution is -0.277. The summed E-state index contributed by atoms with van der Waals surface area (Å²) in [5.41, 5.74) is 1.18. The lowest BCUT2D eigenvalue weighted by Crippen LogP contribution is -2.60. The molecule has 1 aliphatic heterocycles. The predicted octanol–water partition coefficient (Wildman–Crippen LogP) is -0.182. The van der Waals surface area contributed by atoms with E-state index in [-0.39, 0.29) is 0 Å². The third-order valence-corrected chi connectivity index (χ3v) is 3.56. The molecule has 118 valence electrons. The molecule has 0 spiro atoms. The minimum atomic E-state index is -1.43. The summed E-state index contributed by atoms with van der Waals surface area (Å²) in [4.78, 5) is 0. The van der Waals surface area contributed by atoms with Crippen LogP contribution in [0.25, 0.3) is 0 Å². The summed E-state index contributed by atoms with van der Waals surface area (Å²) >= 11 is 0. The van der Waals surface area contributed by atoms with Crippen molar-refractivity contribution in [3.8, 4) is 5.75 Å². The normalized spacial score (nSPS) is 32.9. The average molecular weight is 298 g/mol. The van der Waals surface area contributed by atoms with Crippen LogP contribution in [0.2, 0.25) is 0 Å². The number of benzene rings is 1. The van der Waals surface area contributed by atoms with E-state index in [0.717, 1.165) is 12.8 Å². The SMILES string of the molecule is CCCc1ccc(O[C@@H]2O[C@@H](CO)[C@@H](O)[C@@H](O)[C@H]2O)cc1. The van der Waals surface area contributed by atoms with Gasteiger partial charge in [0.15, 0.2) is 0 Å². The molecule has 0 bridgehead atoms. The molecule has 2 rings (SSSR count). The van der Waals surface area contributed by atoms with Gasteiger partial charge in [-0.15, -0.1) is 0 Å². The summed E-state index contributed by atoms with van der Waals surface area (Å²) in [6.07, 6.45) is -4.28. The highest BCUT2D eigenvalue weighted by atomic mass is 16.7. The lowest BCUT2D eigenvalue weighted by atomic mass is 9.99. The molecule has 1 saturated heterocycles. The summed E-state index contributed by atoms with van der Waals surface area (Å²) in [5, 5.41) is 38.4. The van der Waals surface area contributed by atoms with E-state index in [1.807, 2.05) is 12.1 Å². The number of hydrogen-bond acceptors (Lipinski definition) is 6. The summed E-state index contributed by atoms with van der Waals surface area (Å²) in [6, 6.07) is 7.35. The Labute approximate surface area is 123 Å². The molecule has 1 heterocycles. The van der Waals surface area contributed by atoms with Crippen molar-refractivity contribution in [1.82, 2.24) is 0 Å². The first kappa shape index (κ1) is 16.2. The molecule has 0 unspecified atom stereocenters. The van der Waals surface area contributed by atoms with Gasteiger partial charge in [-0.25, -0.2) is 0 Å². The molecule has 1 aromatic rings. The second-order valence-corrected chi connectivity index (χ2v) is 5.21. The van der Waals surface area contributed by atoms with Crippen LogP contribution >= 0.6 is 0 Å². The van der Waals surface area contributed by atoms with Crippen LogP contribution in [-0.2, 0) is 11.2 Å². The highest BCUT2D eigenvalue weighted by Crippen LogP contribution is 2.24. The van der Waals surface area contributed by atoms with Crippen molar-refractivity contribution in [2.24, 2.45) is 0 Å². The number of aryl methyl sites for hydroxylation is 1. The maximum atomic E-state index is 9.88. The minimum absolute atomic E-state index is 0.472. The number of aliphatic hydroxyl groups excluding tert-OH is 4. The molecule has 0 aliphatic carbocycles. The molecule has 6 heteroatoms. The van der Waals surface area contributed by atoms with E-state index in [9.17, 15) is 15.3 Å². The van der Waals surface area contributed by atoms with E-state index in [1.54, 1.807) is 12.1 Å². The highest BCUT2D eigenvalue weighted by Gasteiger charge is 2.44. The first-order chi connectivity index (χ1) is 10.1. The van der Waals surface area contributed by atoms with Gasteiger partial charge < -0.3 is 29.9 Å². The standard InChI is InChI=1S/C15H22O6/c1-2-3-9-4-6-10(7-5-9)20-15-14(19)13(18)12(17)11(8-16)21-15/h4-7,11-19H,2-3,8H2,1H3/t11-,12+,13+,14+,15+/m0/s1. The number of hydrogen-bond donors (Lipinski definition) is 4. The zero-order chi connectivity index (χ0) is 15.4.